The predicted molar refractivity (Wildman–Crippen MR) is 116 cm³/mol. The number of amides is 1. The highest BCUT2D eigenvalue weighted by Crippen LogP contribution is 2.38. The van der Waals surface area contributed by atoms with E-state index < -0.39 is 43.1 Å². The molecule has 12 heteroatoms. The summed E-state index contributed by atoms with van der Waals surface area (Å²) in [6.07, 6.45) is -3.04. The van der Waals surface area contributed by atoms with Gasteiger partial charge in [-0.25, -0.2) is 4.68 Å². The van der Waals surface area contributed by atoms with Crippen molar-refractivity contribution in [3.8, 4) is 5.75 Å². The van der Waals surface area contributed by atoms with Crippen LogP contribution in [0.1, 0.15) is 37.9 Å². The van der Waals surface area contributed by atoms with E-state index >= 15 is 0 Å². The van der Waals surface area contributed by atoms with Crippen molar-refractivity contribution in [3.63, 3.8) is 0 Å². The van der Waals surface area contributed by atoms with Crippen molar-refractivity contribution in [3.05, 3.63) is 39.9 Å². The number of halogens is 1. The summed E-state index contributed by atoms with van der Waals surface area (Å²) >= 11 is 11.8. The van der Waals surface area contributed by atoms with Gasteiger partial charge in [0.2, 0.25) is 10.7 Å². The highest BCUT2D eigenvalue weighted by atomic mass is 35.5. The lowest BCUT2D eigenvalue weighted by Crippen LogP contribution is -2.62. The second-order valence-electron chi connectivity index (χ2n) is 7.92. The van der Waals surface area contributed by atoms with Gasteiger partial charge >= 0.3 is 0 Å². The molecular weight excluding hydrogens is 460 g/mol. The van der Waals surface area contributed by atoms with Crippen molar-refractivity contribution < 1.29 is 29.6 Å². The van der Waals surface area contributed by atoms with Crippen LogP contribution in [0, 0.1) is 4.77 Å². The fourth-order valence-electron chi connectivity index (χ4n) is 3.80. The minimum Gasteiger partial charge on any atom is -0.484 e. The summed E-state index contributed by atoms with van der Waals surface area (Å²) in [6, 6.07) is 6.21. The number of carbonyl (C=O) groups is 1. The average molecular weight is 485 g/mol. The highest BCUT2D eigenvalue weighted by molar-refractivity contribution is 7.71. The number of nitrogens with one attached hydrogen (secondary N) is 1. The summed E-state index contributed by atoms with van der Waals surface area (Å²) in [6.45, 7) is 0.850. The van der Waals surface area contributed by atoms with Gasteiger partial charge < -0.3 is 30.1 Å². The van der Waals surface area contributed by atoms with E-state index in [1.54, 1.807) is 18.2 Å². The molecule has 1 amide bonds. The molecule has 1 saturated heterocycles. The van der Waals surface area contributed by atoms with E-state index in [9.17, 15) is 20.1 Å². The van der Waals surface area contributed by atoms with Crippen molar-refractivity contribution in [2.75, 3.05) is 6.61 Å². The Bertz CT molecular complexity index is 1040. The minimum atomic E-state index is -1.40. The van der Waals surface area contributed by atoms with E-state index in [2.05, 4.69) is 10.4 Å². The number of ether oxygens (including phenoxy) is 2. The van der Waals surface area contributed by atoms with Crippen LogP contribution in [0.3, 0.4) is 0 Å². The van der Waals surface area contributed by atoms with Crippen LogP contribution in [-0.4, -0.2) is 66.5 Å². The fourth-order valence-corrected chi connectivity index (χ4v) is 4.39. The van der Waals surface area contributed by atoms with Crippen molar-refractivity contribution in [2.45, 2.75) is 63.0 Å². The number of aromatic nitrogens is 3. The average Bonchev–Trinajstić information content (AvgIpc) is 3.54. The lowest BCUT2D eigenvalue weighted by atomic mass is 9.96. The molecular formula is C20H25ClN4O6S. The summed E-state index contributed by atoms with van der Waals surface area (Å²) in [5.74, 6) is 0.609. The molecule has 1 aliphatic heterocycles. The Morgan fingerprint density at radius 2 is 2.06 bits per heavy atom. The molecule has 1 aromatic heterocycles. The Labute approximate surface area is 194 Å². The topological polar surface area (TPSA) is 131 Å². The number of aliphatic hydroxyl groups excluding tert-OH is 3. The second kappa shape index (κ2) is 9.46. The number of para-hydroxylation sites is 1. The van der Waals surface area contributed by atoms with Crippen LogP contribution >= 0.6 is 23.8 Å². The molecule has 0 radical (unpaired) electrons. The Kier molecular flexibility index (Phi) is 6.84. The molecule has 5 atom stereocenters. The molecule has 4 rings (SSSR count). The van der Waals surface area contributed by atoms with Crippen LogP contribution in [0.5, 0.6) is 5.75 Å². The molecule has 32 heavy (non-hydrogen) atoms. The number of hydrogen-bond acceptors (Lipinski definition) is 8. The van der Waals surface area contributed by atoms with Crippen LogP contribution < -0.4 is 10.1 Å². The zero-order valence-corrected chi connectivity index (χ0v) is 18.9. The maximum atomic E-state index is 11.8. The number of aliphatic hydroxyl groups is 3. The standard InChI is InChI=1S/C20H25ClN4O6S/c1-10(27)22-16-18(29)17(28)14(8-26)31-19(16)25-20(32)24(11-6-7-11)15(23-25)9-30-13-5-3-2-4-12(13)21/h2-5,11,14,16-19,26,28-29H,6-9H2,1H3,(H,22,27)/t14-,16-,17-,18-,19-/m0/s1. The van der Waals surface area contributed by atoms with Gasteiger partial charge in [0.05, 0.1) is 11.6 Å². The maximum Gasteiger partial charge on any atom is 0.217 e. The second-order valence-corrected chi connectivity index (χ2v) is 8.69. The van der Waals surface area contributed by atoms with Crippen molar-refractivity contribution in [1.82, 2.24) is 19.7 Å². The summed E-state index contributed by atoms with van der Waals surface area (Å²) in [4.78, 5) is 11.8. The van der Waals surface area contributed by atoms with E-state index in [0.717, 1.165) is 12.8 Å². The molecule has 174 valence electrons. The van der Waals surface area contributed by atoms with Gasteiger partial charge in [-0.15, -0.1) is 0 Å². The van der Waals surface area contributed by atoms with Crippen molar-refractivity contribution in [2.24, 2.45) is 0 Å². The molecule has 2 aliphatic rings. The normalized spacial score (nSPS) is 27.8. The quantitative estimate of drug-likeness (QED) is 0.430. The summed E-state index contributed by atoms with van der Waals surface area (Å²) < 4.78 is 15.3. The van der Waals surface area contributed by atoms with E-state index in [1.807, 2.05) is 10.6 Å². The molecule has 10 nitrogen and oxygen atoms in total. The zero-order chi connectivity index (χ0) is 23.0. The molecule has 0 spiro atoms. The van der Waals surface area contributed by atoms with Gasteiger partial charge in [-0.1, -0.05) is 23.7 Å². The third-order valence-electron chi connectivity index (χ3n) is 5.52. The minimum absolute atomic E-state index is 0.0863. The Hall–Kier alpha value is -2.02. The maximum absolute atomic E-state index is 11.8. The van der Waals surface area contributed by atoms with Gasteiger partial charge in [0.1, 0.15) is 36.7 Å². The Balaban J connectivity index is 1.68. The molecule has 4 N–H and O–H groups in total. The van der Waals surface area contributed by atoms with Gasteiger partial charge in [0.15, 0.2) is 12.1 Å². The zero-order valence-electron chi connectivity index (χ0n) is 17.3. The molecule has 1 aromatic carbocycles. The molecule has 2 fully saturated rings. The first kappa shape index (κ1) is 23.1. The van der Waals surface area contributed by atoms with E-state index in [4.69, 9.17) is 33.3 Å². The van der Waals surface area contributed by atoms with Gasteiger partial charge in [0, 0.05) is 13.0 Å². The van der Waals surface area contributed by atoms with E-state index in [0.29, 0.717) is 21.4 Å². The van der Waals surface area contributed by atoms with Crippen LogP contribution in [0.2, 0.25) is 5.02 Å². The third-order valence-corrected chi connectivity index (χ3v) is 6.22. The van der Waals surface area contributed by atoms with Gasteiger partial charge in [-0.2, -0.15) is 5.10 Å². The Morgan fingerprint density at radius 3 is 2.69 bits per heavy atom. The Morgan fingerprint density at radius 1 is 1.34 bits per heavy atom. The summed E-state index contributed by atoms with van der Waals surface area (Å²) in [7, 11) is 0. The number of nitrogens with zero attached hydrogens (tertiary/aromatic N) is 3. The number of rotatable bonds is 7. The molecule has 0 unspecified atom stereocenters. The molecule has 2 heterocycles. The fraction of sp³-hybridized carbons (Fsp3) is 0.550. The third kappa shape index (κ3) is 4.54. The smallest absolute Gasteiger partial charge is 0.217 e. The molecule has 0 bridgehead atoms. The SMILES string of the molecule is CC(=O)N[C@H]1[C@H](O)[C@@H](O)[C@H](CO)O[C@@H]1n1nc(COc2ccccc2Cl)n(C2CC2)c1=S. The molecule has 1 saturated carbocycles. The van der Waals surface area contributed by atoms with Crippen LogP contribution in [0.4, 0.5) is 0 Å². The monoisotopic (exact) mass is 484 g/mol. The van der Waals surface area contributed by atoms with Crippen LogP contribution in [-0.2, 0) is 16.1 Å². The van der Waals surface area contributed by atoms with Crippen molar-refractivity contribution in [1.29, 1.82) is 0 Å². The van der Waals surface area contributed by atoms with Gasteiger partial charge in [-0.05, 0) is 37.2 Å². The number of benzene rings is 1. The lowest BCUT2D eigenvalue weighted by Gasteiger charge is -2.42. The van der Waals surface area contributed by atoms with E-state index in [1.165, 1.54) is 11.6 Å². The first-order valence-corrected chi connectivity index (χ1v) is 11.1. The van der Waals surface area contributed by atoms with Crippen LogP contribution in [0.25, 0.3) is 0 Å². The van der Waals surface area contributed by atoms with E-state index in [-0.39, 0.29) is 12.6 Å². The van der Waals surface area contributed by atoms with Crippen molar-refractivity contribution >= 4 is 29.7 Å². The lowest BCUT2D eigenvalue weighted by molar-refractivity contribution is -0.219. The predicted octanol–water partition coefficient (Wildman–Crippen LogP) is 1.10. The van der Waals surface area contributed by atoms with Gasteiger partial charge in [0.25, 0.3) is 0 Å². The molecule has 1 aliphatic carbocycles. The summed E-state index contributed by atoms with van der Waals surface area (Å²) in [5, 5.41) is 38.1. The van der Waals surface area contributed by atoms with Crippen LogP contribution in [0.15, 0.2) is 24.3 Å². The first-order chi connectivity index (χ1) is 15.3. The molecule has 2 aromatic rings. The highest BCUT2D eigenvalue weighted by Gasteiger charge is 2.47. The summed E-state index contributed by atoms with van der Waals surface area (Å²) in [5.41, 5.74) is 0. The van der Waals surface area contributed by atoms with Gasteiger partial charge in [-0.3, -0.25) is 9.36 Å². The number of hydrogen-bond donors (Lipinski definition) is 4. The largest absolute Gasteiger partial charge is 0.484 e. The first-order valence-electron chi connectivity index (χ1n) is 10.3. The number of carbonyl (C=O) groups excluding carboxylic acids is 1.